The standard InChI is InChI=1S/C23H24BrNO3/c1-14-5-3-4-12-25(14)13-19-20(26)11-10-18-22(27)21(15(2)28-23(18)19)16-6-8-17(24)9-7-16/h6-11,14,26H,3-5,12-13H2,1-2H3/t14-/m0/s1. The first-order valence-electron chi connectivity index (χ1n) is 9.74. The Bertz CT molecular complexity index is 1070. The van der Waals surface area contributed by atoms with Gasteiger partial charge in [0.05, 0.1) is 16.5 Å². The van der Waals surface area contributed by atoms with Crippen LogP contribution in [0.2, 0.25) is 0 Å². The highest BCUT2D eigenvalue weighted by Gasteiger charge is 2.23. The molecule has 0 amide bonds. The molecule has 4 rings (SSSR count). The fourth-order valence-corrected chi connectivity index (χ4v) is 4.38. The van der Waals surface area contributed by atoms with Crippen LogP contribution in [0.5, 0.6) is 5.75 Å². The van der Waals surface area contributed by atoms with E-state index in [-0.39, 0.29) is 11.2 Å². The van der Waals surface area contributed by atoms with Crippen LogP contribution in [-0.4, -0.2) is 22.6 Å². The van der Waals surface area contributed by atoms with E-state index < -0.39 is 0 Å². The minimum atomic E-state index is -0.0611. The molecule has 0 radical (unpaired) electrons. The van der Waals surface area contributed by atoms with Crippen molar-refractivity contribution in [1.29, 1.82) is 0 Å². The van der Waals surface area contributed by atoms with Gasteiger partial charge in [0, 0.05) is 17.1 Å². The van der Waals surface area contributed by atoms with E-state index in [1.54, 1.807) is 12.1 Å². The first-order valence-corrected chi connectivity index (χ1v) is 10.5. The molecular formula is C23H24BrNO3. The zero-order chi connectivity index (χ0) is 19.8. The maximum absolute atomic E-state index is 13.3. The van der Waals surface area contributed by atoms with Gasteiger partial charge in [0.1, 0.15) is 17.1 Å². The van der Waals surface area contributed by atoms with E-state index in [0.717, 1.165) is 29.4 Å². The summed E-state index contributed by atoms with van der Waals surface area (Å²) in [6.45, 7) is 5.62. The number of rotatable bonds is 3. The number of hydrogen-bond acceptors (Lipinski definition) is 4. The molecular weight excluding hydrogens is 418 g/mol. The second-order valence-electron chi connectivity index (χ2n) is 7.62. The van der Waals surface area contributed by atoms with Crippen LogP contribution in [-0.2, 0) is 6.54 Å². The monoisotopic (exact) mass is 441 g/mol. The van der Waals surface area contributed by atoms with E-state index in [1.807, 2.05) is 31.2 Å². The largest absolute Gasteiger partial charge is 0.507 e. The van der Waals surface area contributed by atoms with Crippen LogP contribution in [0.3, 0.4) is 0 Å². The van der Waals surface area contributed by atoms with Gasteiger partial charge in [-0.15, -0.1) is 0 Å². The van der Waals surface area contributed by atoms with Gasteiger partial charge in [-0.05, 0) is 63.1 Å². The van der Waals surface area contributed by atoms with Crippen LogP contribution in [0.1, 0.15) is 37.5 Å². The van der Waals surface area contributed by atoms with Crippen molar-refractivity contribution in [2.75, 3.05) is 6.54 Å². The number of phenols is 1. The van der Waals surface area contributed by atoms with Gasteiger partial charge >= 0.3 is 0 Å². The predicted molar refractivity (Wildman–Crippen MR) is 116 cm³/mol. The third-order valence-corrected chi connectivity index (χ3v) is 6.28. The molecule has 0 bridgehead atoms. The van der Waals surface area contributed by atoms with E-state index in [9.17, 15) is 9.90 Å². The molecule has 0 unspecified atom stereocenters. The lowest BCUT2D eigenvalue weighted by molar-refractivity contribution is 0.151. The molecule has 1 fully saturated rings. The van der Waals surface area contributed by atoms with Gasteiger partial charge in [0.2, 0.25) is 5.43 Å². The van der Waals surface area contributed by atoms with E-state index in [4.69, 9.17) is 4.42 Å². The third kappa shape index (κ3) is 3.49. The maximum Gasteiger partial charge on any atom is 0.200 e. The number of piperidine rings is 1. The van der Waals surface area contributed by atoms with E-state index in [1.165, 1.54) is 6.42 Å². The van der Waals surface area contributed by atoms with Crippen molar-refractivity contribution in [3.8, 4) is 16.9 Å². The van der Waals surface area contributed by atoms with Crippen molar-refractivity contribution in [2.45, 2.75) is 45.7 Å². The molecule has 1 aromatic heterocycles. The fourth-order valence-electron chi connectivity index (χ4n) is 4.11. The molecule has 4 nitrogen and oxygen atoms in total. The number of benzene rings is 2. The Labute approximate surface area is 172 Å². The van der Waals surface area contributed by atoms with Crippen molar-refractivity contribution in [2.24, 2.45) is 0 Å². The summed E-state index contributed by atoms with van der Waals surface area (Å²) in [6.07, 6.45) is 3.55. The van der Waals surface area contributed by atoms with Crippen LogP contribution >= 0.6 is 15.9 Å². The normalized spacial score (nSPS) is 17.9. The van der Waals surface area contributed by atoms with Gasteiger partial charge in [0.25, 0.3) is 0 Å². The Kier molecular flexibility index (Phi) is 5.30. The Morgan fingerprint density at radius 3 is 2.64 bits per heavy atom. The summed E-state index contributed by atoms with van der Waals surface area (Å²) >= 11 is 3.43. The highest BCUT2D eigenvalue weighted by molar-refractivity contribution is 9.10. The van der Waals surface area contributed by atoms with Crippen LogP contribution < -0.4 is 5.43 Å². The Morgan fingerprint density at radius 2 is 1.93 bits per heavy atom. The Morgan fingerprint density at radius 1 is 1.18 bits per heavy atom. The molecule has 1 aliphatic rings. The number of likely N-dealkylation sites (tertiary alicyclic amines) is 1. The summed E-state index contributed by atoms with van der Waals surface area (Å²) in [6, 6.07) is 11.4. The van der Waals surface area contributed by atoms with Gasteiger partial charge in [-0.3, -0.25) is 9.69 Å². The number of hydrogen-bond donors (Lipinski definition) is 1. The average Bonchev–Trinajstić information content (AvgIpc) is 2.67. The number of phenolic OH excluding ortho intramolecular Hbond substituents is 1. The van der Waals surface area contributed by atoms with Crippen LogP contribution in [0, 0.1) is 6.92 Å². The number of nitrogens with zero attached hydrogens (tertiary/aromatic N) is 1. The van der Waals surface area contributed by atoms with Crippen LogP contribution in [0.15, 0.2) is 50.1 Å². The summed E-state index contributed by atoms with van der Waals surface area (Å²) in [5, 5.41) is 11.0. The molecule has 0 aliphatic carbocycles. The SMILES string of the molecule is Cc1oc2c(CN3CCCC[C@@H]3C)c(O)ccc2c(=O)c1-c1ccc(Br)cc1. The van der Waals surface area contributed by atoms with E-state index >= 15 is 0 Å². The van der Waals surface area contributed by atoms with Crippen LogP contribution in [0.25, 0.3) is 22.1 Å². The van der Waals surface area contributed by atoms with Gasteiger partial charge < -0.3 is 9.52 Å². The van der Waals surface area contributed by atoms with Gasteiger partial charge in [-0.1, -0.05) is 34.5 Å². The average molecular weight is 442 g/mol. The maximum atomic E-state index is 13.3. The number of halogens is 1. The molecule has 3 aromatic rings. The summed E-state index contributed by atoms with van der Waals surface area (Å²) in [5.74, 6) is 0.752. The zero-order valence-corrected chi connectivity index (χ0v) is 17.8. The zero-order valence-electron chi connectivity index (χ0n) is 16.2. The van der Waals surface area contributed by atoms with Crippen molar-refractivity contribution in [3.63, 3.8) is 0 Å². The van der Waals surface area contributed by atoms with Crippen molar-refractivity contribution < 1.29 is 9.52 Å². The summed E-state index contributed by atoms with van der Waals surface area (Å²) in [5.41, 5.74) is 2.54. The Balaban J connectivity index is 1.85. The predicted octanol–water partition coefficient (Wildman–Crippen LogP) is 5.61. The van der Waals surface area contributed by atoms with E-state index in [2.05, 4.69) is 27.8 Å². The number of fused-ring (bicyclic) bond motifs is 1. The van der Waals surface area contributed by atoms with Crippen molar-refractivity contribution in [1.82, 2.24) is 4.90 Å². The minimum absolute atomic E-state index is 0.0611. The molecule has 2 heterocycles. The summed E-state index contributed by atoms with van der Waals surface area (Å²) < 4.78 is 7.11. The van der Waals surface area contributed by atoms with Crippen molar-refractivity contribution in [3.05, 3.63) is 62.4 Å². The topological polar surface area (TPSA) is 53.7 Å². The molecule has 146 valence electrons. The smallest absolute Gasteiger partial charge is 0.200 e. The van der Waals surface area contributed by atoms with E-state index in [0.29, 0.717) is 40.4 Å². The lowest BCUT2D eigenvalue weighted by atomic mass is 9.99. The molecule has 1 aliphatic heterocycles. The molecule has 0 spiro atoms. The first-order chi connectivity index (χ1) is 13.5. The van der Waals surface area contributed by atoms with Gasteiger partial charge in [-0.25, -0.2) is 0 Å². The lowest BCUT2D eigenvalue weighted by Gasteiger charge is -2.33. The van der Waals surface area contributed by atoms with Gasteiger partial charge in [0.15, 0.2) is 0 Å². The Hall–Kier alpha value is -2.11. The highest BCUT2D eigenvalue weighted by atomic mass is 79.9. The summed E-state index contributed by atoms with van der Waals surface area (Å²) in [4.78, 5) is 15.6. The summed E-state index contributed by atoms with van der Waals surface area (Å²) in [7, 11) is 0. The minimum Gasteiger partial charge on any atom is -0.507 e. The second kappa shape index (κ2) is 7.72. The van der Waals surface area contributed by atoms with Crippen molar-refractivity contribution >= 4 is 26.9 Å². The second-order valence-corrected chi connectivity index (χ2v) is 8.54. The molecule has 28 heavy (non-hydrogen) atoms. The molecule has 0 saturated carbocycles. The molecule has 1 N–H and O–H groups in total. The third-order valence-electron chi connectivity index (χ3n) is 5.75. The molecule has 1 atom stereocenters. The highest BCUT2D eigenvalue weighted by Crippen LogP contribution is 2.32. The fraction of sp³-hybridized carbons (Fsp3) is 0.348. The van der Waals surface area contributed by atoms with Gasteiger partial charge in [-0.2, -0.15) is 0 Å². The first kappa shape index (κ1) is 19.2. The number of aryl methyl sites for hydroxylation is 1. The quantitative estimate of drug-likeness (QED) is 0.573. The molecule has 5 heteroatoms. The lowest BCUT2D eigenvalue weighted by Crippen LogP contribution is -2.36. The molecule has 1 saturated heterocycles. The molecule has 2 aromatic carbocycles. The van der Waals surface area contributed by atoms with Crippen LogP contribution in [0.4, 0.5) is 0 Å². The number of aromatic hydroxyl groups is 1.